The number of H-pyrrole nitrogens is 1. The predicted octanol–water partition coefficient (Wildman–Crippen LogP) is 2.42. The molecule has 2 heterocycles. The number of aromatic amines is 1. The minimum atomic E-state index is -0.0447. The average Bonchev–Trinajstić information content (AvgIpc) is 2.90. The van der Waals surface area contributed by atoms with E-state index in [-0.39, 0.29) is 5.91 Å². The summed E-state index contributed by atoms with van der Waals surface area (Å²) in [6.45, 7) is 0.474. The molecule has 1 aromatic carbocycles. The molecule has 1 amide bonds. The molecular weight excluding hydrogens is 264 g/mol. The van der Waals surface area contributed by atoms with Gasteiger partial charge in [0.05, 0.1) is 17.8 Å². The van der Waals surface area contributed by atoms with Crippen molar-refractivity contribution in [3.05, 3.63) is 60.0 Å². The Labute approximate surface area is 122 Å². The highest BCUT2D eigenvalue weighted by molar-refractivity contribution is 6.07. The molecule has 21 heavy (non-hydrogen) atoms. The van der Waals surface area contributed by atoms with E-state index in [0.29, 0.717) is 17.8 Å². The van der Waals surface area contributed by atoms with Gasteiger partial charge in [-0.05, 0) is 30.3 Å². The smallest absolute Gasteiger partial charge is 0.256 e. The number of hydrogen-bond acceptors (Lipinski definition) is 3. The molecule has 3 rings (SSSR count). The number of anilines is 1. The van der Waals surface area contributed by atoms with Gasteiger partial charge in [-0.15, -0.1) is 0 Å². The SMILES string of the molecule is CN(Cc1ccccn1)C(=O)c1c[nH]c2cc(N)ccc12. The number of rotatable bonds is 3. The van der Waals surface area contributed by atoms with Crippen LogP contribution in [0.4, 0.5) is 5.69 Å². The van der Waals surface area contributed by atoms with Gasteiger partial charge in [0.25, 0.3) is 5.91 Å². The molecule has 0 aliphatic carbocycles. The van der Waals surface area contributed by atoms with E-state index in [4.69, 9.17) is 5.73 Å². The molecule has 3 aromatic rings. The summed E-state index contributed by atoms with van der Waals surface area (Å²) < 4.78 is 0. The molecule has 0 aliphatic rings. The molecule has 0 saturated heterocycles. The van der Waals surface area contributed by atoms with Crippen LogP contribution in [0.5, 0.6) is 0 Å². The van der Waals surface area contributed by atoms with Gasteiger partial charge in [0, 0.05) is 36.0 Å². The zero-order chi connectivity index (χ0) is 14.8. The van der Waals surface area contributed by atoms with Crippen LogP contribution in [0.2, 0.25) is 0 Å². The van der Waals surface area contributed by atoms with Crippen LogP contribution in [0.25, 0.3) is 10.9 Å². The number of nitrogens with one attached hydrogen (secondary N) is 1. The van der Waals surface area contributed by atoms with Gasteiger partial charge in [0.15, 0.2) is 0 Å². The van der Waals surface area contributed by atoms with Crippen molar-refractivity contribution in [3.63, 3.8) is 0 Å². The second-order valence-corrected chi connectivity index (χ2v) is 4.99. The van der Waals surface area contributed by atoms with E-state index >= 15 is 0 Å². The first kappa shape index (κ1) is 13.2. The number of carbonyl (C=O) groups excluding carboxylic acids is 1. The van der Waals surface area contributed by atoms with Gasteiger partial charge >= 0.3 is 0 Å². The second kappa shape index (κ2) is 5.28. The summed E-state index contributed by atoms with van der Waals surface area (Å²) in [7, 11) is 1.77. The number of fused-ring (bicyclic) bond motifs is 1. The van der Waals surface area contributed by atoms with E-state index in [1.807, 2.05) is 30.3 Å². The maximum Gasteiger partial charge on any atom is 0.256 e. The minimum Gasteiger partial charge on any atom is -0.399 e. The lowest BCUT2D eigenvalue weighted by atomic mass is 10.1. The molecule has 0 saturated carbocycles. The van der Waals surface area contributed by atoms with Crippen molar-refractivity contribution in [3.8, 4) is 0 Å². The van der Waals surface area contributed by atoms with Crippen molar-refractivity contribution < 1.29 is 4.79 Å². The van der Waals surface area contributed by atoms with Crippen molar-refractivity contribution >= 4 is 22.5 Å². The molecule has 3 N–H and O–H groups in total. The average molecular weight is 280 g/mol. The predicted molar refractivity (Wildman–Crippen MR) is 82.7 cm³/mol. The van der Waals surface area contributed by atoms with E-state index in [9.17, 15) is 4.79 Å². The van der Waals surface area contributed by atoms with Crippen molar-refractivity contribution in [1.29, 1.82) is 0 Å². The Hall–Kier alpha value is -2.82. The maximum absolute atomic E-state index is 12.6. The highest BCUT2D eigenvalue weighted by Crippen LogP contribution is 2.22. The molecule has 0 radical (unpaired) electrons. The molecule has 2 aromatic heterocycles. The van der Waals surface area contributed by atoms with E-state index in [1.54, 1.807) is 30.4 Å². The Balaban J connectivity index is 1.86. The number of nitrogen functional groups attached to an aromatic ring is 1. The fraction of sp³-hybridized carbons (Fsp3) is 0.125. The number of pyridine rings is 1. The molecule has 0 fully saturated rings. The first-order valence-electron chi connectivity index (χ1n) is 6.67. The van der Waals surface area contributed by atoms with Crippen LogP contribution in [0, 0.1) is 0 Å². The molecule has 5 nitrogen and oxygen atoms in total. The van der Waals surface area contributed by atoms with E-state index < -0.39 is 0 Å². The number of nitrogens with two attached hydrogens (primary N) is 1. The number of amides is 1. The van der Waals surface area contributed by atoms with Crippen molar-refractivity contribution in [2.75, 3.05) is 12.8 Å². The van der Waals surface area contributed by atoms with Crippen molar-refractivity contribution in [2.45, 2.75) is 6.54 Å². The summed E-state index contributed by atoms with van der Waals surface area (Å²) in [6, 6.07) is 11.2. The Kier molecular flexibility index (Phi) is 3.31. The molecule has 0 aliphatic heterocycles. The van der Waals surface area contributed by atoms with Gasteiger partial charge in [-0.2, -0.15) is 0 Å². The van der Waals surface area contributed by atoms with Crippen LogP contribution in [0.1, 0.15) is 16.1 Å². The Bertz CT molecular complexity index is 779. The summed E-state index contributed by atoms with van der Waals surface area (Å²) in [6.07, 6.45) is 3.45. The minimum absolute atomic E-state index is 0.0447. The fourth-order valence-electron chi connectivity index (χ4n) is 2.33. The summed E-state index contributed by atoms with van der Waals surface area (Å²) in [5.41, 5.74) is 8.79. The zero-order valence-electron chi connectivity index (χ0n) is 11.7. The highest BCUT2D eigenvalue weighted by atomic mass is 16.2. The van der Waals surface area contributed by atoms with E-state index in [2.05, 4.69) is 9.97 Å². The van der Waals surface area contributed by atoms with Gasteiger partial charge in [0.1, 0.15) is 0 Å². The number of hydrogen-bond donors (Lipinski definition) is 2. The second-order valence-electron chi connectivity index (χ2n) is 4.99. The standard InChI is InChI=1S/C16H16N4O/c1-20(10-12-4-2-3-7-18-12)16(21)14-9-19-15-8-11(17)5-6-13(14)15/h2-9,19H,10,17H2,1H3. The van der Waals surface area contributed by atoms with Crippen LogP contribution < -0.4 is 5.73 Å². The number of nitrogens with zero attached hydrogens (tertiary/aromatic N) is 2. The van der Waals surface area contributed by atoms with Crippen LogP contribution in [0.3, 0.4) is 0 Å². The summed E-state index contributed by atoms with van der Waals surface area (Å²) in [5.74, 6) is -0.0447. The van der Waals surface area contributed by atoms with E-state index in [1.165, 1.54) is 0 Å². The molecule has 0 atom stereocenters. The summed E-state index contributed by atoms with van der Waals surface area (Å²) >= 11 is 0. The maximum atomic E-state index is 12.6. The summed E-state index contributed by atoms with van der Waals surface area (Å²) in [4.78, 5) is 21.5. The van der Waals surface area contributed by atoms with Gasteiger partial charge in [0.2, 0.25) is 0 Å². The third-order valence-corrected chi connectivity index (χ3v) is 3.41. The van der Waals surface area contributed by atoms with Gasteiger partial charge < -0.3 is 15.6 Å². The molecule has 0 unspecified atom stereocenters. The van der Waals surface area contributed by atoms with Gasteiger partial charge in [-0.25, -0.2) is 0 Å². The Morgan fingerprint density at radius 3 is 2.95 bits per heavy atom. The Morgan fingerprint density at radius 2 is 2.19 bits per heavy atom. The van der Waals surface area contributed by atoms with Gasteiger partial charge in [-0.1, -0.05) is 6.07 Å². The van der Waals surface area contributed by atoms with Crippen LogP contribution >= 0.6 is 0 Å². The van der Waals surface area contributed by atoms with Crippen molar-refractivity contribution in [2.24, 2.45) is 0 Å². The first-order valence-corrected chi connectivity index (χ1v) is 6.67. The normalized spacial score (nSPS) is 10.7. The number of aromatic nitrogens is 2. The first-order chi connectivity index (χ1) is 10.1. The van der Waals surface area contributed by atoms with E-state index in [0.717, 1.165) is 16.6 Å². The topological polar surface area (TPSA) is 75.0 Å². The lowest BCUT2D eigenvalue weighted by molar-refractivity contribution is 0.0785. The molecular formula is C16H16N4O. The highest BCUT2D eigenvalue weighted by Gasteiger charge is 2.16. The van der Waals surface area contributed by atoms with Crippen molar-refractivity contribution in [1.82, 2.24) is 14.9 Å². The molecule has 0 spiro atoms. The molecule has 5 heteroatoms. The number of benzene rings is 1. The van der Waals surface area contributed by atoms with Gasteiger partial charge in [-0.3, -0.25) is 9.78 Å². The third kappa shape index (κ3) is 2.58. The number of carbonyl (C=O) groups is 1. The molecule has 106 valence electrons. The lowest BCUT2D eigenvalue weighted by Gasteiger charge is -2.16. The summed E-state index contributed by atoms with van der Waals surface area (Å²) in [5, 5.41) is 0.877. The van der Waals surface area contributed by atoms with Crippen LogP contribution in [-0.2, 0) is 6.54 Å². The molecule has 0 bridgehead atoms. The van der Waals surface area contributed by atoms with Crippen LogP contribution in [0.15, 0.2) is 48.8 Å². The lowest BCUT2D eigenvalue weighted by Crippen LogP contribution is -2.26. The largest absolute Gasteiger partial charge is 0.399 e. The zero-order valence-corrected chi connectivity index (χ0v) is 11.7. The quantitative estimate of drug-likeness (QED) is 0.723. The Morgan fingerprint density at radius 1 is 1.33 bits per heavy atom. The third-order valence-electron chi connectivity index (χ3n) is 3.41. The van der Waals surface area contributed by atoms with Crippen LogP contribution in [-0.4, -0.2) is 27.8 Å². The fourth-order valence-corrected chi connectivity index (χ4v) is 2.33. The monoisotopic (exact) mass is 280 g/mol.